The number of rotatable bonds is 3. The second-order valence-electron chi connectivity index (χ2n) is 4.10. The summed E-state index contributed by atoms with van der Waals surface area (Å²) in [6.07, 6.45) is 8.83. The quantitative estimate of drug-likeness (QED) is 0.853. The highest BCUT2D eigenvalue weighted by atomic mass is 79.9. The van der Waals surface area contributed by atoms with Crippen LogP contribution in [0.4, 0.5) is 5.69 Å². The standard InChI is InChI=1S/C12H14BrN3O2/c1-2-5-16-12(17)11(13)10(7-14-16)15-9-4-3-6-18-8-9/h1,7,9,15H,3-6,8H2. The lowest BCUT2D eigenvalue weighted by Crippen LogP contribution is -2.32. The van der Waals surface area contributed by atoms with Crippen molar-refractivity contribution < 1.29 is 4.74 Å². The van der Waals surface area contributed by atoms with E-state index >= 15 is 0 Å². The lowest BCUT2D eigenvalue weighted by Gasteiger charge is -2.24. The van der Waals surface area contributed by atoms with Crippen molar-refractivity contribution in [2.45, 2.75) is 25.4 Å². The lowest BCUT2D eigenvalue weighted by atomic mass is 10.1. The number of nitrogens with zero attached hydrogens (tertiary/aromatic N) is 2. The number of aromatic nitrogens is 2. The SMILES string of the molecule is C#CCn1ncc(NC2CCCOC2)c(Br)c1=O. The van der Waals surface area contributed by atoms with E-state index in [0.29, 0.717) is 16.8 Å². The van der Waals surface area contributed by atoms with E-state index < -0.39 is 0 Å². The first-order chi connectivity index (χ1) is 8.72. The second-order valence-corrected chi connectivity index (χ2v) is 4.89. The molecular formula is C12H14BrN3O2. The minimum atomic E-state index is -0.227. The third-order valence-electron chi connectivity index (χ3n) is 2.75. The van der Waals surface area contributed by atoms with Gasteiger partial charge < -0.3 is 10.1 Å². The van der Waals surface area contributed by atoms with Crippen molar-refractivity contribution in [1.29, 1.82) is 0 Å². The van der Waals surface area contributed by atoms with Gasteiger partial charge in [-0.25, -0.2) is 4.68 Å². The number of terminal acetylenes is 1. The Labute approximate surface area is 114 Å². The van der Waals surface area contributed by atoms with E-state index in [-0.39, 0.29) is 18.1 Å². The Hall–Kier alpha value is -1.32. The Bertz CT molecular complexity index is 515. The van der Waals surface area contributed by atoms with E-state index in [4.69, 9.17) is 11.2 Å². The number of hydrogen-bond donors (Lipinski definition) is 1. The van der Waals surface area contributed by atoms with Crippen molar-refractivity contribution in [2.24, 2.45) is 0 Å². The van der Waals surface area contributed by atoms with Crippen molar-refractivity contribution in [3.63, 3.8) is 0 Å². The Morgan fingerprint density at radius 1 is 1.72 bits per heavy atom. The molecule has 1 N–H and O–H groups in total. The van der Waals surface area contributed by atoms with Crippen LogP contribution < -0.4 is 10.9 Å². The van der Waals surface area contributed by atoms with Crippen LogP contribution in [-0.4, -0.2) is 29.0 Å². The van der Waals surface area contributed by atoms with E-state index in [1.807, 2.05) is 0 Å². The summed E-state index contributed by atoms with van der Waals surface area (Å²) in [6, 6.07) is 0.222. The Morgan fingerprint density at radius 2 is 2.56 bits per heavy atom. The van der Waals surface area contributed by atoms with Gasteiger partial charge in [0, 0.05) is 12.6 Å². The predicted octanol–water partition coefficient (Wildman–Crippen LogP) is 1.23. The highest BCUT2D eigenvalue weighted by Crippen LogP contribution is 2.19. The maximum atomic E-state index is 11.9. The van der Waals surface area contributed by atoms with Gasteiger partial charge in [0.15, 0.2) is 0 Å². The predicted molar refractivity (Wildman–Crippen MR) is 72.5 cm³/mol. The molecule has 6 heteroatoms. The molecule has 0 spiro atoms. The number of ether oxygens (including phenoxy) is 1. The molecule has 0 aromatic carbocycles. The molecule has 2 heterocycles. The summed E-state index contributed by atoms with van der Waals surface area (Å²) in [5.74, 6) is 2.39. The molecule has 2 rings (SSSR count). The van der Waals surface area contributed by atoms with Crippen LogP contribution in [-0.2, 0) is 11.3 Å². The minimum Gasteiger partial charge on any atom is -0.379 e. The van der Waals surface area contributed by atoms with Gasteiger partial charge in [0.05, 0.1) is 18.5 Å². The first-order valence-electron chi connectivity index (χ1n) is 5.75. The van der Waals surface area contributed by atoms with Gasteiger partial charge in [-0.1, -0.05) is 5.92 Å². The normalized spacial score (nSPS) is 19.2. The smallest absolute Gasteiger partial charge is 0.284 e. The van der Waals surface area contributed by atoms with Gasteiger partial charge in [0.25, 0.3) is 5.56 Å². The fourth-order valence-electron chi connectivity index (χ4n) is 1.84. The van der Waals surface area contributed by atoms with Crippen LogP contribution in [0, 0.1) is 12.3 Å². The van der Waals surface area contributed by atoms with Crippen molar-refractivity contribution in [2.75, 3.05) is 18.5 Å². The maximum absolute atomic E-state index is 11.9. The molecule has 1 aliphatic heterocycles. The van der Waals surface area contributed by atoms with E-state index in [0.717, 1.165) is 19.4 Å². The van der Waals surface area contributed by atoms with Gasteiger partial charge in [0.1, 0.15) is 11.0 Å². The largest absolute Gasteiger partial charge is 0.379 e. The Balaban J connectivity index is 2.16. The number of hydrogen-bond acceptors (Lipinski definition) is 4. The fraction of sp³-hybridized carbons (Fsp3) is 0.500. The summed E-state index contributed by atoms with van der Waals surface area (Å²) in [4.78, 5) is 11.9. The fourth-order valence-corrected chi connectivity index (χ4v) is 2.26. The molecule has 0 radical (unpaired) electrons. The van der Waals surface area contributed by atoms with Crippen LogP contribution in [0.15, 0.2) is 15.5 Å². The zero-order valence-electron chi connectivity index (χ0n) is 9.86. The summed E-state index contributed by atoms with van der Waals surface area (Å²) < 4.78 is 7.08. The molecule has 0 amide bonds. The van der Waals surface area contributed by atoms with E-state index in [9.17, 15) is 4.79 Å². The third kappa shape index (κ3) is 2.92. The third-order valence-corrected chi connectivity index (χ3v) is 3.51. The first-order valence-corrected chi connectivity index (χ1v) is 6.55. The van der Waals surface area contributed by atoms with Crippen molar-refractivity contribution in [1.82, 2.24) is 9.78 Å². The van der Waals surface area contributed by atoms with Crippen molar-refractivity contribution in [3.8, 4) is 12.3 Å². The van der Waals surface area contributed by atoms with Gasteiger partial charge in [-0.3, -0.25) is 4.79 Å². The van der Waals surface area contributed by atoms with Crippen LogP contribution in [0.1, 0.15) is 12.8 Å². The summed E-state index contributed by atoms with van der Waals surface area (Å²) >= 11 is 3.28. The van der Waals surface area contributed by atoms with E-state index in [1.165, 1.54) is 4.68 Å². The molecule has 1 aliphatic rings. The summed E-state index contributed by atoms with van der Waals surface area (Å²) in [5, 5.41) is 7.28. The van der Waals surface area contributed by atoms with Gasteiger partial charge in [-0.2, -0.15) is 5.10 Å². The van der Waals surface area contributed by atoms with Crippen LogP contribution in [0.5, 0.6) is 0 Å². The van der Waals surface area contributed by atoms with E-state index in [1.54, 1.807) is 6.20 Å². The van der Waals surface area contributed by atoms with Gasteiger partial charge in [-0.15, -0.1) is 6.42 Å². The molecule has 18 heavy (non-hydrogen) atoms. The monoisotopic (exact) mass is 311 g/mol. The average molecular weight is 312 g/mol. The molecule has 1 fully saturated rings. The zero-order chi connectivity index (χ0) is 13.0. The highest BCUT2D eigenvalue weighted by molar-refractivity contribution is 9.10. The molecule has 1 aromatic heterocycles. The molecule has 1 atom stereocenters. The van der Waals surface area contributed by atoms with Crippen molar-refractivity contribution in [3.05, 3.63) is 21.0 Å². The lowest BCUT2D eigenvalue weighted by molar-refractivity contribution is 0.0876. The number of nitrogens with one attached hydrogen (secondary N) is 1. The zero-order valence-corrected chi connectivity index (χ0v) is 11.4. The number of anilines is 1. The molecule has 0 bridgehead atoms. The van der Waals surface area contributed by atoms with Crippen LogP contribution in [0.3, 0.4) is 0 Å². The number of halogens is 1. The minimum absolute atomic E-state index is 0.171. The molecule has 5 nitrogen and oxygen atoms in total. The summed E-state index contributed by atoms with van der Waals surface area (Å²) in [6.45, 7) is 1.63. The van der Waals surface area contributed by atoms with E-state index in [2.05, 4.69) is 32.3 Å². The highest BCUT2D eigenvalue weighted by Gasteiger charge is 2.16. The average Bonchev–Trinajstić information content (AvgIpc) is 2.40. The molecule has 1 unspecified atom stereocenters. The summed E-state index contributed by atoms with van der Waals surface area (Å²) in [5.41, 5.74) is 0.457. The Morgan fingerprint density at radius 3 is 3.22 bits per heavy atom. The molecule has 96 valence electrons. The molecule has 1 saturated heterocycles. The summed E-state index contributed by atoms with van der Waals surface area (Å²) in [7, 11) is 0. The van der Waals surface area contributed by atoms with Crippen LogP contribution in [0.2, 0.25) is 0 Å². The van der Waals surface area contributed by atoms with Crippen molar-refractivity contribution >= 4 is 21.6 Å². The van der Waals surface area contributed by atoms with Crippen LogP contribution in [0.25, 0.3) is 0 Å². The van der Waals surface area contributed by atoms with Gasteiger partial charge >= 0.3 is 0 Å². The van der Waals surface area contributed by atoms with Gasteiger partial charge in [-0.05, 0) is 28.8 Å². The van der Waals surface area contributed by atoms with Gasteiger partial charge in [0.2, 0.25) is 0 Å². The first kappa shape index (κ1) is 13.1. The topological polar surface area (TPSA) is 56.1 Å². The van der Waals surface area contributed by atoms with Crippen LogP contribution >= 0.6 is 15.9 Å². The molecular weight excluding hydrogens is 298 g/mol. The maximum Gasteiger partial charge on any atom is 0.284 e. The second kappa shape index (κ2) is 6.03. The Kier molecular flexibility index (Phi) is 4.39. The molecule has 0 saturated carbocycles. The molecule has 1 aromatic rings. The molecule has 0 aliphatic carbocycles.